The second kappa shape index (κ2) is 4.53. The third-order valence-corrected chi connectivity index (χ3v) is 4.93. The Kier molecular flexibility index (Phi) is 2.97. The minimum atomic E-state index is -3.19. The van der Waals surface area contributed by atoms with E-state index < -0.39 is 10.0 Å². The van der Waals surface area contributed by atoms with E-state index in [-0.39, 0.29) is 0 Å². The van der Waals surface area contributed by atoms with Gasteiger partial charge in [-0.2, -0.15) is 0 Å². The fraction of sp³-hybridized carbons (Fsp3) is 0.333. The summed E-state index contributed by atoms with van der Waals surface area (Å²) in [5.41, 5.74) is 3.44. The van der Waals surface area contributed by atoms with Crippen LogP contribution in [0.2, 0.25) is 0 Å². The topological polar surface area (TPSA) is 39.1 Å². The van der Waals surface area contributed by atoms with Gasteiger partial charge in [-0.3, -0.25) is 0 Å². The van der Waals surface area contributed by atoms with Gasteiger partial charge in [0.1, 0.15) is 0 Å². The summed E-state index contributed by atoms with van der Waals surface area (Å²) in [5.74, 6) is 0.420. The van der Waals surface area contributed by atoms with E-state index >= 15 is 0 Å². The second-order valence-corrected chi connectivity index (χ2v) is 7.06. The Morgan fingerprint density at radius 1 is 1.16 bits per heavy atom. The first kappa shape index (κ1) is 12.5. The summed E-state index contributed by atoms with van der Waals surface area (Å²) in [7, 11) is -3.19. The third-order valence-electron chi connectivity index (χ3n) is 3.88. The third kappa shape index (κ3) is 2.32. The molecule has 0 radical (unpaired) electrons. The molecule has 4 heteroatoms. The maximum Gasteiger partial charge on any atom is 0.235 e. The van der Waals surface area contributed by atoms with Crippen molar-refractivity contribution in [2.75, 3.05) is 6.26 Å². The lowest BCUT2D eigenvalue weighted by Crippen LogP contribution is -2.19. The van der Waals surface area contributed by atoms with Gasteiger partial charge in [-0.1, -0.05) is 30.3 Å². The van der Waals surface area contributed by atoms with Crippen LogP contribution in [0, 0.1) is 0 Å². The average molecular weight is 275 g/mol. The molecule has 2 aromatic rings. The largest absolute Gasteiger partial charge is 0.250 e. The molecule has 1 aliphatic carbocycles. The highest BCUT2D eigenvalue weighted by atomic mass is 32.2. The lowest BCUT2D eigenvalue weighted by atomic mass is 9.83. The maximum absolute atomic E-state index is 11.8. The summed E-state index contributed by atoms with van der Waals surface area (Å²) in [6.07, 6.45) is 5.80. The molecule has 0 amide bonds. The number of rotatable bonds is 2. The number of aryl methyl sites for hydroxylation is 1. The van der Waals surface area contributed by atoms with E-state index in [0.717, 1.165) is 25.0 Å². The molecule has 100 valence electrons. The van der Waals surface area contributed by atoms with Crippen molar-refractivity contribution in [1.82, 2.24) is 3.97 Å². The zero-order valence-corrected chi connectivity index (χ0v) is 11.7. The van der Waals surface area contributed by atoms with Gasteiger partial charge in [0.2, 0.25) is 10.0 Å². The van der Waals surface area contributed by atoms with Crippen molar-refractivity contribution in [2.24, 2.45) is 0 Å². The Balaban J connectivity index is 1.98. The van der Waals surface area contributed by atoms with Gasteiger partial charge in [-0.05, 0) is 42.4 Å². The predicted octanol–water partition coefficient (Wildman–Crippen LogP) is 2.57. The molecular formula is C15H17NO2S. The molecule has 0 spiro atoms. The summed E-state index contributed by atoms with van der Waals surface area (Å²) >= 11 is 0. The molecule has 1 aliphatic rings. The normalized spacial score (nSPS) is 19.1. The molecule has 3 rings (SSSR count). The highest BCUT2D eigenvalue weighted by Gasteiger charge is 2.25. The van der Waals surface area contributed by atoms with Crippen molar-refractivity contribution in [1.29, 1.82) is 0 Å². The van der Waals surface area contributed by atoms with E-state index in [1.54, 1.807) is 6.20 Å². The molecule has 0 saturated heterocycles. The van der Waals surface area contributed by atoms with Crippen LogP contribution in [0.4, 0.5) is 0 Å². The Morgan fingerprint density at radius 3 is 2.58 bits per heavy atom. The van der Waals surface area contributed by atoms with Crippen molar-refractivity contribution >= 4 is 10.0 Å². The van der Waals surface area contributed by atoms with Gasteiger partial charge in [-0.25, -0.2) is 12.4 Å². The maximum atomic E-state index is 11.8. The van der Waals surface area contributed by atoms with Crippen molar-refractivity contribution in [3.8, 4) is 0 Å². The van der Waals surface area contributed by atoms with E-state index in [1.165, 1.54) is 21.4 Å². The van der Waals surface area contributed by atoms with Crippen LogP contribution in [0.25, 0.3) is 0 Å². The van der Waals surface area contributed by atoms with E-state index in [2.05, 4.69) is 12.1 Å². The van der Waals surface area contributed by atoms with Gasteiger partial charge in [0.15, 0.2) is 0 Å². The molecule has 0 aliphatic heterocycles. The molecule has 1 aromatic carbocycles. The minimum Gasteiger partial charge on any atom is -0.250 e. The number of fused-ring (bicyclic) bond motifs is 1. The summed E-state index contributed by atoms with van der Waals surface area (Å²) in [4.78, 5) is 0. The van der Waals surface area contributed by atoms with Gasteiger partial charge < -0.3 is 0 Å². The number of nitrogens with zero attached hydrogens (tertiary/aromatic N) is 1. The van der Waals surface area contributed by atoms with Gasteiger partial charge in [0.05, 0.1) is 6.26 Å². The molecule has 1 aromatic heterocycles. The molecule has 0 bridgehead atoms. The van der Waals surface area contributed by atoms with Gasteiger partial charge in [-0.15, -0.1) is 0 Å². The van der Waals surface area contributed by atoms with Crippen LogP contribution in [0.15, 0.2) is 42.6 Å². The Labute approximate surface area is 113 Å². The molecule has 19 heavy (non-hydrogen) atoms. The average Bonchev–Trinajstić information content (AvgIpc) is 2.82. The second-order valence-electron chi connectivity index (χ2n) is 5.20. The van der Waals surface area contributed by atoms with Gasteiger partial charge >= 0.3 is 0 Å². The zero-order valence-electron chi connectivity index (χ0n) is 10.9. The van der Waals surface area contributed by atoms with E-state index in [1.807, 2.05) is 24.3 Å². The van der Waals surface area contributed by atoms with Crippen molar-refractivity contribution in [2.45, 2.75) is 25.2 Å². The Hall–Kier alpha value is -1.55. The summed E-state index contributed by atoms with van der Waals surface area (Å²) in [6.45, 7) is 0. The number of hydrogen-bond acceptors (Lipinski definition) is 2. The zero-order chi connectivity index (χ0) is 13.5. The number of benzene rings is 1. The molecule has 3 nitrogen and oxygen atoms in total. The first-order valence-electron chi connectivity index (χ1n) is 6.50. The fourth-order valence-corrected chi connectivity index (χ4v) is 3.79. The molecule has 0 saturated carbocycles. The van der Waals surface area contributed by atoms with E-state index in [0.29, 0.717) is 5.92 Å². The lowest BCUT2D eigenvalue weighted by molar-refractivity contribution is 0.561. The first-order valence-corrected chi connectivity index (χ1v) is 8.35. The Morgan fingerprint density at radius 2 is 1.89 bits per heavy atom. The minimum absolute atomic E-state index is 0.420. The highest BCUT2D eigenvalue weighted by Crippen LogP contribution is 2.33. The van der Waals surface area contributed by atoms with Crippen LogP contribution >= 0.6 is 0 Å². The number of aromatic nitrogens is 1. The smallest absolute Gasteiger partial charge is 0.235 e. The van der Waals surface area contributed by atoms with Crippen molar-refractivity contribution in [3.63, 3.8) is 0 Å². The standard InChI is InChI=1S/C15H17NO2S/c1-19(17,18)16-10-9-13-7-8-14(11-15(13)16)12-5-3-2-4-6-12/h2-6,9-10,14H,7-8,11H2,1H3. The van der Waals surface area contributed by atoms with E-state index in [4.69, 9.17) is 0 Å². The van der Waals surface area contributed by atoms with E-state index in [9.17, 15) is 8.42 Å². The summed E-state index contributed by atoms with van der Waals surface area (Å²) < 4.78 is 25.0. The molecular weight excluding hydrogens is 258 g/mol. The van der Waals surface area contributed by atoms with Crippen LogP contribution < -0.4 is 0 Å². The predicted molar refractivity (Wildman–Crippen MR) is 75.9 cm³/mol. The molecule has 0 fully saturated rings. The Bertz CT molecular complexity index is 686. The fourth-order valence-electron chi connectivity index (χ4n) is 2.92. The van der Waals surface area contributed by atoms with Crippen LogP contribution in [-0.4, -0.2) is 18.6 Å². The number of hydrogen-bond donors (Lipinski definition) is 0. The molecule has 1 atom stereocenters. The monoisotopic (exact) mass is 275 g/mol. The SMILES string of the molecule is CS(=O)(=O)n1ccc2c1CC(c1ccccc1)CC2. The highest BCUT2D eigenvalue weighted by molar-refractivity contribution is 7.89. The molecule has 0 N–H and O–H groups in total. The summed E-state index contributed by atoms with van der Waals surface area (Å²) in [6, 6.07) is 12.3. The van der Waals surface area contributed by atoms with Crippen LogP contribution in [0.1, 0.15) is 29.2 Å². The first-order chi connectivity index (χ1) is 9.05. The van der Waals surface area contributed by atoms with Crippen LogP contribution in [-0.2, 0) is 22.9 Å². The lowest BCUT2D eigenvalue weighted by Gasteiger charge is -2.24. The van der Waals surface area contributed by atoms with Crippen molar-refractivity contribution < 1.29 is 8.42 Å². The summed E-state index contributed by atoms with van der Waals surface area (Å²) in [5, 5.41) is 0. The quantitative estimate of drug-likeness (QED) is 0.845. The molecule has 1 heterocycles. The van der Waals surface area contributed by atoms with Gasteiger partial charge in [0.25, 0.3) is 0 Å². The van der Waals surface area contributed by atoms with Crippen molar-refractivity contribution in [3.05, 3.63) is 59.4 Å². The van der Waals surface area contributed by atoms with Crippen LogP contribution in [0.5, 0.6) is 0 Å². The van der Waals surface area contributed by atoms with Crippen LogP contribution in [0.3, 0.4) is 0 Å². The molecule has 1 unspecified atom stereocenters. The van der Waals surface area contributed by atoms with Gasteiger partial charge in [0, 0.05) is 11.9 Å².